The van der Waals surface area contributed by atoms with Crippen LogP contribution in [0, 0.1) is 5.92 Å². The molecule has 5 nitrogen and oxygen atoms in total. The number of carbonyl (C=O) groups is 1. The zero-order valence-corrected chi connectivity index (χ0v) is 19.7. The number of piperidine rings is 2. The van der Waals surface area contributed by atoms with E-state index in [0.29, 0.717) is 18.1 Å². The largest absolute Gasteiger partial charge is 0.492 e. The highest BCUT2D eigenvalue weighted by Gasteiger charge is 2.24. The minimum absolute atomic E-state index is 0.117. The molecular weight excluding hydrogens is 410 g/mol. The maximum atomic E-state index is 13.1. The number of para-hydroxylation sites is 2. The summed E-state index contributed by atoms with van der Waals surface area (Å²) in [7, 11) is 2.13. The van der Waals surface area contributed by atoms with Crippen molar-refractivity contribution in [1.82, 2.24) is 14.4 Å². The lowest BCUT2D eigenvalue weighted by atomic mass is 9.98. The number of fused-ring (bicyclic) bond motifs is 1. The highest BCUT2D eigenvalue weighted by Crippen LogP contribution is 2.27. The minimum atomic E-state index is 0.117. The predicted octanol–water partition coefficient (Wildman–Crippen LogP) is 5.10. The Labute approximate surface area is 196 Å². The highest BCUT2D eigenvalue weighted by atomic mass is 16.5. The highest BCUT2D eigenvalue weighted by molar-refractivity contribution is 5.97. The van der Waals surface area contributed by atoms with Crippen LogP contribution < -0.4 is 4.74 Å². The Kier molecular flexibility index (Phi) is 6.68. The van der Waals surface area contributed by atoms with Gasteiger partial charge in [0.25, 0.3) is 5.91 Å². The Bertz CT molecular complexity index is 1100. The lowest BCUT2D eigenvalue weighted by Crippen LogP contribution is -2.37. The van der Waals surface area contributed by atoms with Gasteiger partial charge in [0.15, 0.2) is 0 Å². The van der Waals surface area contributed by atoms with E-state index >= 15 is 0 Å². The second-order valence-electron chi connectivity index (χ2n) is 9.69. The van der Waals surface area contributed by atoms with E-state index < -0.39 is 0 Å². The first-order chi connectivity index (χ1) is 16.2. The Morgan fingerprint density at radius 2 is 1.76 bits per heavy atom. The molecule has 2 fully saturated rings. The van der Waals surface area contributed by atoms with Gasteiger partial charge in [-0.15, -0.1) is 0 Å². The molecule has 2 aromatic carbocycles. The van der Waals surface area contributed by atoms with Crippen molar-refractivity contribution in [2.24, 2.45) is 13.0 Å². The van der Waals surface area contributed by atoms with Crippen molar-refractivity contribution in [1.29, 1.82) is 0 Å². The summed E-state index contributed by atoms with van der Waals surface area (Å²) in [5, 5.41) is 1.35. The maximum Gasteiger partial charge on any atom is 0.257 e. The summed E-state index contributed by atoms with van der Waals surface area (Å²) >= 11 is 0. The average Bonchev–Trinajstić information content (AvgIpc) is 3.18. The molecule has 0 aliphatic carbocycles. The zero-order chi connectivity index (χ0) is 22.6. The Hall–Kier alpha value is -2.79. The van der Waals surface area contributed by atoms with E-state index in [0.717, 1.165) is 51.3 Å². The molecule has 33 heavy (non-hydrogen) atoms. The van der Waals surface area contributed by atoms with Crippen molar-refractivity contribution in [3.63, 3.8) is 0 Å². The van der Waals surface area contributed by atoms with E-state index in [1.807, 2.05) is 29.2 Å². The summed E-state index contributed by atoms with van der Waals surface area (Å²) in [4.78, 5) is 17.6. The summed E-state index contributed by atoms with van der Waals surface area (Å²) in [6.07, 6.45) is 8.06. The van der Waals surface area contributed by atoms with Crippen molar-refractivity contribution in [2.75, 3.05) is 32.8 Å². The quantitative estimate of drug-likeness (QED) is 0.530. The van der Waals surface area contributed by atoms with E-state index in [2.05, 4.69) is 47.0 Å². The van der Waals surface area contributed by atoms with Crippen LogP contribution in [0.4, 0.5) is 0 Å². The van der Waals surface area contributed by atoms with E-state index in [1.54, 1.807) is 0 Å². The van der Waals surface area contributed by atoms with Gasteiger partial charge in [0, 0.05) is 56.2 Å². The number of aromatic nitrogens is 1. The topological polar surface area (TPSA) is 37.7 Å². The maximum absolute atomic E-state index is 13.1. The number of hydrogen-bond donors (Lipinski definition) is 0. The molecule has 2 saturated heterocycles. The molecule has 0 unspecified atom stereocenters. The summed E-state index contributed by atoms with van der Waals surface area (Å²) in [6, 6.07) is 16.4. The monoisotopic (exact) mass is 445 g/mol. The lowest BCUT2D eigenvalue weighted by Gasteiger charge is -2.33. The summed E-state index contributed by atoms with van der Waals surface area (Å²) in [5.41, 5.74) is 3.40. The van der Waals surface area contributed by atoms with Crippen molar-refractivity contribution in [3.05, 3.63) is 65.9 Å². The summed E-state index contributed by atoms with van der Waals surface area (Å²) in [6.45, 7) is 5.52. The van der Waals surface area contributed by atoms with Gasteiger partial charge in [0.2, 0.25) is 0 Å². The van der Waals surface area contributed by atoms with E-state index in [4.69, 9.17) is 4.74 Å². The van der Waals surface area contributed by atoms with Gasteiger partial charge in [-0.1, -0.05) is 30.3 Å². The molecular formula is C28H35N3O2. The van der Waals surface area contributed by atoms with Crippen LogP contribution in [-0.2, 0) is 13.6 Å². The summed E-state index contributed by atoms with van der Waals surface area (Å²) < 4.78 is 8.51. The predicted molar refractivity (Wildman–Crippen MR) is 133 cm³/mol. The molecule has 0 spiro atoms. The first kappa shape index (κ1) is 22.0. The fourth-order valence-corrected chi connectivity index (χ4v) is 5.47. The van der Waals surface area contributed by atoms with E-state index in [-0.39, 0.29) is 5.91 Å². The summed E-state index contributed by atoms with van der Waals surface area (Å²) in [5.74, 6) is 1.33. The minimum Gasteiger partial charge on any atom is -0.492 e. The van der Waals surface area contributed by atoms with Crippen molar-refractivity contribution in [2.45, 2.75) is 38.6 Å². The third-order valence-corrected chi connectivity index (χ3v) is 7.21. The van der Waals surface area contributed by atoms with Gasteiger partial charge < -0.3 is 14.2 Å². The average molecular weight is 446 g/mol. The molecule has 0 bridgehead atoms. The van der Waals surface area contributed by atoms with Gasteiger partial charge in [0.05, 0.1) is 12.2 Å². The normalized spacial score (nSPS) is 19.7. The molecule has 174 valence electrons. The Morgan fingerprint density at radius 1 is 0.970 bits per heavy atom. The number of amides is 1. The van der Waals surface area contributed by atoms with Crippen LogP contribution in [0.15, 0.2) is 54.7 Å². The van der Waals surface area contributed by atoms with Crippen LogP contribution in [0.1, 0.15) is 48.0 Å². The van der Waals surface area contributed by atoms with Crippen molar-refractivity contribution >= 4 is 16.8 Å². The molecule has 0 N–H and O–H groups in total. The number of likely N-dealkylation sites (tertiary alicyclic amines) is 2. The van der Waals surface area contributed by atoms with Crippen molar-refractivity contribution < 1.29 is 9.53 Å². The van der Waals surface area contributed by atoms with Crippen LogP contribution in [-0.4, -0.2) is 53.1 Å². The Balaban J connectivity index is 1.21. The van der Waals surface area contributed by atoms with Gasteiger partial charge in [0.1, 0.15) is 5.75 Å². The smallest absolute Gasteiger partial charge is 0.257 e. The molecule has 2 aliphatic rings. The molecule has 3 heterocycles. The molecule has 5 rings (SSSR count). The second kappa shape index (κ2) is 10.0. The van der Waals surface area contributed by atoms with Crippen LogP contribution in [0.25, 0.3) is 10.9 Å². The third kappa shape index (κ3) is 4.93. The molecule has 1 atom stereocenters. The van der Waals surface area contributed by atoms with Crippen LogP contribution >= 0.6 is 0 Å². The first-order valence-corrected chi connectivity index (χ1v) is 12.5. The van der Waals surface area contributed by atoms with Crippen LogP contribution in [0.5, 0.6) is 5.75 Å². The van der Waals surface area contributed by atoms with Gasteiger partial charge >= 0.3 is 0 Å². The van der Waals surface area contributed by atoms with E-state index in [1.165, 1.54) is 35.7 Å². The third-order valence-electron chi connectivity index (χ3n) is 7.21. The van der Waals surface area contributed by atoms with Gasteiger partial charge in [-0.05, 0) is 62.4 Å². The van der Waals surface area contributed by atoms with Crippen LogP contribution in [0.2, 0.25) is 0 Å². The molecule has 2 aliphatic heterocycles. The molecule has 0 saturated carbocycles. The number of nitrogens with zero attached hydrogens (tertiary/aromatic N) is 3. The number of carbonyl (C=O) groups excluding carboxylic acids is 1. The number of ether oxygens (including phenoxy) is 1. The van der Waals surface area contributed by atoms with Crippen LogP contribution in [0.3, 0.4) is 0 Å². The first-order valence-electron chi connectivity index (χ1n) is 12.5. The molecule has 1 amide bonds. The SMILES string of the molecule is Cn1cc(CN2CCC[C@H](COc3ccccc3C(=O)N3CCCCC3)C2)c2ccccc21. The molecule has 3 aromatic rings. The molecule has 0 radical (unpaired) electrons. The fourth-order valence-electron chi connectivity index (χ4n) is 5.47. The zero-order valence-electron chi connectivity index (χ0n) is 19.7. The number of aryl methyl sites for hydroxylation is 1. The number of benzene rings is 2. The lowest BCUT2D eigenvalue weighted by molar-refractivity contribution is 0.0716. The number of hydrogen-bond acceptors (Lipinski definition) is 3. The van der Waals surface area contributed by atoms with E-state index in [9.17, 15) is 4.79 Å². The van der Waals surface area contributed by atoms with Gasteiger partial charge in [-0.25, -0.2) is 0 Å². The molecule has 5 heteroatoms. The Morgan fingerprint density at radius 3 is 2.64 bits per heavy atom. The second-order valence-corrected chi connectivity index (χ2v) is 9.69. The molecule has 1 aromatic heterocycles. The van der Waals surface area contributed by atoms with Crippen molar-refractivity contribution in [3.8, 4) is 5.75 Å². The van der Waals surface area contributed by atoms with Gasteiger partial charge in [-0.3, -0.25) is 9.69 Å². The standard InChI is InChI=1S/C28H35N3O2/c1-29-19-23(24-11-3-5-13-26(24)29)20-30-15-9-10-22(18-30)21-33-27-14-6-4-12-25(27)28(32)31-16-7-2-8-17-31/h3-6,11-14,19,22H,2,7-10,15-18,20-21H2,1H3/t22-/m0/s1. The van der Waals surface area contributed by atoms with Gasteiger partial charge in [-0.2, -0.15) is 0 Å². The fraction of sp³-hybridized carbons (Fsp3) is 0.464. The number of rotatable bonds is 6.